The molecule has 0 atom stereocenters. The lowest BCUT2D eigenvalue weighted by Crippen LogP contribution is -2.08. The van der Waals surface area contributed by atoms with Crippen LogP contribution in [0.25, 0.3) is 0 Å². The Labute approximate surface area is 81.4 Å². The molecule has 0 saturated carbocycles. The standard InChI is InChI=1S/C7H6F4N2S/c8-5-3-4(14-7(9,10)11)1-2-6(5)13-12/h1-3,13H,12H2. The normalized spacial score (nSPS) is 11.5. The molecular weight excluding hydrogens is 220 g/mol. The molecule has 0 saturated heterocycles. The molecule has 0 aliphatic carbocycles. The molecule has 0 heterocycles. The van der Waals surface area contributed by atoms with E-state index in [1.807, 2.05) is 5.43 Å². The van der Waals surface area contributed by atoms with Gasteiger partial charge in [-0.25, -0.2) is 4.39 Å². The van der Waals surface area contributed by atoms with Gasteiger partial charge in [-0.05, 0) is 30.0 Å². The molecule has 1 aromatic rings. The Hall–Kier alpha value is -0.950. The zero-order valence-corrected chi connectivity index (χ0v) is 7.55. The number of anilines is 1. The van der Waals surface area contributed by atoms with E-state index in [9.17, 15) is 17.6 Å². The summed E-state index contributed by atoms with van der Waals surface area (Å²) in [5.41, 5.74) is -2.44. The highest BCUT2D eigenvalue weighted by atomic mass is 32.2. The third-order valence-corrected chi connectivity index (χ3v) is 2.05. The van der Waals surface area contributed by atoms with Gasteiger partial charge < -0.3 is 5.43 Å². The molecule has 3 N–H and O–H groups in total. The molecule has 2 nitrogen and oxygen atoms in total. The largest absolute Gasteiger partial charge is 0.446 e. The van der Waals surface area contributed by atoms with Crippen molar-refractivity contribution in [1.29, 1.82) is 0 Å². The van der Waals surface area contributed by atoms with Gasteiger partial charge >= 0.3 is 5.51 Å². The molecule has 0 amide bonds. The van der Waals surface area contributed by atoms with Crippen molar-refractivity contribution in [3.63, 3.8) is 0 Å². The number of thioether (sulfide) groups is 1. The lowest BCUT2D eigenvalue weighted by atomic mass is 10.3. The van der Waals surface area contributed by atoms with Gasteiger partial charge in [-0.3, -0.25) is 5.84 Å². The van der Waals surface area contributed by atoms with Crippen molar-refractivity contribution >= 4 is 17.4 Å². The Morgan fingerprint density at radius 2 is 1.93 bits per heavy atom. The van der Waals surface area contributed by atoms with Gasteiger partial charge in [0.05, 0.1) is 5.69 Å². The van der Waals surface area contributed by atoms with Crippen LogP contribution in [0, 0.1) is 5.82 Å². The van der Waals surface area contributed by atoms with Crippen LogP contribution in [-0.4, -0.2) is 5.51 Å². The first kappa shape index (κ1) is 11.1. The van der Waals surface area contributed by atoms with Crippen molar-refractivity contribution in [2.45, 2.75) is 10.4 Å². The SMILES string of the molecule is NNc1ccc(SC(F)(F)F)cc1F. The van der Waals surface area contributed by atoms with Crippen LogP contribution in [-0.2, 0) is 0 Å². The van der Waals surface area contributed by atoms with Crippen LogP contribution in [0.5, 0.6) is 0 Å². The fourth-order valence-electron chi connectivity index (χ4n) is 0.810. The smallest absolute Gasteiger partial charge is 0.321 e. The fraction of sp³-hybridized carbons (Fsp3) is 0.143. The first-order valence-electron chi connectivity index (χ1n) is 3.44. The van der Waals surface area contributed by atoms with Crippen LogP contribution in [0.15, 0.2) is 23.1 Å². The number of alkyl halides is 3. The quantitative estimate of drug-likeness (QED) is 0.352. The Bertz CT molecular complexity index is 326. The zero-order chi connectivity index (χ0) is 10.8. The molecule has 14 heavy (non-hydrogen) atoms. The predicted octanol–water partition coefficient (Wildman–Crippen LogP) is 2.72. The van der Waals surface area contributed by atoms with Gasteiger partial charge in [-0.2, -0.15) is 13.2 Å². The van der Waals surface area contributed by atoms with Crippen LogP contribution in [0.4, 0.5) is 23.2 Å². The van der Waals surface area contributed by atoms with Crippen molar-refractivity contribution in [2.75, 3.05) is 5.43 Å². The van der Waals surface area contributed by atoms with E-state index in [2.05, 4.69) is 0 Å². The maximum Gasteiger partial charge on any atom is 0.446 e. The summed E-state index contributed by atoms with van der Waals surface area (Å²) in [5, 5.41) is 0. The maximum absolute atomic E-state index is 12.9. The van der Waals surface area contributed by atoms with Crippen molar-refractivity contribution < 1.29 is 17.6 Å². The molecule has 0 aliphatic heterocycles. The minimum Gasteiger partial charge on any atom is -0.321 e. The summed E-state index contributed by atoms with van der Waals surface area (Å²) < 4.78 is 48.5. The number of hydrazine groups is 1. The summed E-state index contributed by atoms with van der Waals surface area (Å²) >= 11 is -0.374. The lowest BCUT2D eigenvalue weighted by molar-refractivity contribution is -0.0328. The minimum atomic E-state index is -4.41. The van der Waals surface area contributed by atoms with Crippen molar-refractivity contribution in [3.05, 3.63) is 24.0 Å². The summed E-state index contributed by atoms with van der Waals surface area (Å²) in [6.07, 6.45) is 0. The molecule has 0 bridgehead atoms. The average molecular weight is 226 g/mol. The van der Waals surface area contributed by atoms with Gasteiger partial charge in [0.1, 0.15) is 5.82 Å². The fourth-order valence-corrected chi connectivity index (χ4v) is 1.38. The molecule has 78 valence electrons. The number of nitrogens with one attached hydrogen (secondary N) is 1. The van der Waals surface area contributed by atoms with E-state index >= 15 is 0 Å². The number of rotatable bonds is 2. The summed E-state index contributed by atoms with van der Waals surface area (Å²) in [6.45, 7) is 0. The number of nitrogens with two attached hydrogens (primary N) is 1. The summed E-state index contributed by atoms with van der Waals surface area (Å²) in [6, 6.07) is 3.05. The van der Waals surface area contributed by atoms with Crippen LogP contribution in [0.2, 0.25) is 0 Å². The Balaban J connectivity index is 2.87. The number of hydrogen-bond acceptors (Lipinski definition) is 3. The monoisotopic (exact) mass is 226 g/mol. The molecule has 0 fully saturated rings. The average Bonchev–Trinajstić information content (AvgIpc) is 2.01. The third-order valence-electron chi connectivity index (χ3n) is 1.33. The van der Waals surface area contributed by atoms with Crippen LogP contribution >= 0.6 is 11.8 Å². The molecule has 1 rings (SSSR count). The van der Waals surface area contributed by atoms with E-state index in [1.165, 1.54) is 0 Å². The number of hydrogen-bond donors (Lipinski definition) is 2. The number of nitrogen functional groups attached to an aromatic ring is 1. The van der Waals surface area contributed by atoms with E-state index in [4.69, 9.17) is 5.84 Å². The van der Waals surface area contributed by atoms with E-state index in [-0.39, 0.29) is 22.3 Å². The van der Waals surface area contributed by atoms with Crippen molar-refractivity contribution in [1.82, 2.24) is 0 Å². The lowest BCUT2D eigenvalue weighted by Gasteiger charge is -2.07. The highest BCUT2D eigenvalue weighted by Crippen LogP contribution is 2.37. The zero-order valence-electron chi connectivity index (χ0n) is 6.73. The van der Waals surface area contributed by atoms with Gasteiger partial charge in [0, 0.05) is 4.90 Å². The highest BCUT2D eigenvalue weighted by molar-refractivity contribution is 8.00. The molecule has 0 unspecified atom stereocenters. The molecule has 7 heteroatoms. The van der Waals surface area contributed by atoms with Crippen LogP contribution in [0.1, 0.15) is 0 Å². The highest BCUT2D eigenvalue weighted by Gasteiger charge is 2.29. The van der Waals surface area contributed by atoms with Gasteiger partial charge in [-0.15, -0.1) is 0 Å². The van der Waals surface area contributed by atoms with E-state index in [0.29, 0.717) is 0 Å². The van der Waals surface area contributed by atoms with Crippen LogP contribution in [0.3, 0.4) is 0 Å². The summed E-state index contributed by atoms with van der Waals surface area (Å²) in [4.78, 5) is -0.214. The first-order valence-corrected chi connectivity index (χ1v) is 4.26. The molecule has 0 spiro atoms. The molecule has 0 aromatic heterocycles. The molecule has 0 aliphatic rings. The predicted molar refractivity (Wildman–Crippen MR) is 46.1 cm³/mol. The Morgan fingerprint density at radius 3 is 2.36 bits per heavy atom. The Kier molecular flexibility index (Phi) is 3.22. The topological polar surface area (TPSA) is 38.0 Å². The molecular formula is C7H6F4N2S. The van der Waals surface area contributed by atoms with Gasteiger partial charge in [0.25, 0.3) is 0 Å². The van der Waals surface area contributed by atoms with Crippen molar-refractivity contribution in [2.24, 2.45) is 5.84 Å². The first-order chi connectivity index (χ1) is 6.42. The van der Waals surface area contributed by atoms with Crippen molar-refractivity contribution in [3.8, 4) is 0 Å². The number of benzene rings is 1. The van der Waals surface area contributed by atoms with Gasteiger partial charge in [0.2, 0.25) is 0 Å². The molecule has 1 aromatic carbocycles. The third kappa shape index (κ3) is 3.08. The van der Waals surface area contributed by atoms with E-state index < -0.39 is 11.3 Å². The Morgan fingerprint density at radius 1 is 1.29 bits per heavy atom. The molecule has 0 radical (unpaired) electrons. The maximum atomic E-state index is 12.9. The minimum absolute atomic E-state index is 0.0449. The van der Waals surface area contributed by atoms with E-state index in [0.717, 1.165) is 18.2 Å². The van der Waals surface area contributed by atoms with E-state index in [1.54, 1.807) is 0 Å². The van der Waals surface area contributed by atoms with Gasteiger partial charge in [-0.1, -0.05) is 0 Å². The van der Waals surface area contributed by atoms with Crippen LogP contribution < -0.4 is 11.3 Å². The second-order valence-electron chi connectivity index (χ2n) is 2.33. The second kappa shape index (κ2) is 4.05. The van der Waals surface area contributed by atoms with Gasteiger partial charge in [0.15, 0.2) is 0 Å². The second-order valence-corrected chi connectivity index (χ2v) is 3.47. The summed E-state index contributed by atoms with van der Waals surface area (Å²) in [5.74, 6) is 4.09. The summed E-state index contributed by atoms with van der Waals surface area (Å²) in [7, 11) is 0. The number of halogens is 4.